The van der Waals surface area contributed by atoms with Crippen LogP contribution >= 0.6 is 0 Å². The molecule has 0 unspecified atom stereocenters. The smallest absolute Gasteiger partial charge is 0.179 e. The van der Waals surface area contributed by atoms with Crippen molar-refractivity contribution >= 4 is 5.78 Å². The number of aromatic nitrogens is 2. The molecule has 15 heavy (non-hydrogen) atoms. The van der Waals surface area contributed by atoms with E-state index in [-0.39, 0.29) is 5.78 Å². The molecule has 1 saturated carbocycles. The molecule has 82 valence electrons. The molecule has 1 aliphatic rings. The van der Waals surface area contributed by atoms with Crippen LogP contribution < -0.4 is 0 Å². The molecule has 0 saturated heterocycles. The third kappa shape index (κ3) is 2.11. The Morgan fingerprint density at radius 2 is 2.07 bits per heavy atom. The van der Waals surface area contributed by atoms with Crippen LogP contribution in [0.3, 0.4) is 0 Å². The average molecular weight is 206 g/mol. The predicted molar refractivity (Wildman–Crippen MR) is 59.0 cm³/mol. The van der Waals surface area contributed by atoms with E-state index in [0.29, 0.717) is 11.6 Å². The van der Waals surface area contributed by atoms with Gasteiger partial charge in [0.05, 0.1) is 0 Å². The van der Waals surface area contributed by atoms with Gasteiger partial charge in [0.1, 0.15) is 5.69 Å². The Bertz CT molecular complexity index is 362. The zero-order valence-electron chi connectivity index (χ0n) is 9.49. The van der Waals surface area contributed by atoms with Gasteiger partial charge in [-0.25, -0.2) is 0 Å². The number of aryl methyl sites for hydroxylation is 1. The van der Waals surface area contributed by atoms with Crippen LogP contribution in [-0.4, -0.2) is 15.6 Å². The molecule has 0 amide bonds. The van der Waals surface area contributed by atoms with Crippen LogP contribution in [0, 0.1) is 0 Å². The van der Waals surface area contributed by atoms with Crippen molar-refractivity contribution in [3.63, 3.8) is 0 Å². The number of Topliss-reactive ketones (excluding diaryl/α,β-unsaturated/α-hetero) is 1. The van der Waals surface area contributed by atoms with Crippen LogP contribution in [0.1, 0.15) is 61.1 Å². The van der Waals surface area contributed by atoms with Crippen molar-refractivity contribution in [2.45, 2.75) is 44.9 Å². The lowest BCUT2D eigenvalue weighted by Crippen LogP contribution is -2.09. The molecule has 0 bridgehead atoms. The van der Waals surface area contributed by atoms with Crippen molar-refractivity contribution in [3.05, 3.63) is 17.5 Å². The van der Waals surface area contributed by atoms with Gasteiger partial charge in [-0.15, -0.1) is 0 Å². The number of nitrogens with zero attached hydrogens (tertiary/aromatic N) is 2. The van der Waals surface area contributed by atoms with Crippen molar-refractivity contribution in [1.29, 1.82) is 0 Å². The summed E-state index contributed by atoms with van der Waals surface area (Å²) in [6, 6.07) is 1.97. The summed E-state index contributed by atoms with van der Waals surface area (Å²) in [5.74, 6) is 0.678. The van der Waals surface area contributed by atoms with Gasteiger partial charge in [-0.3, -0.25) is 9.48 Å². The Labute approximate surface area is 90.5 Å². The summed E-state index contributed by atoms with van der Waals surface area (Å²) in [7, 11) is 1.94. The molecule has 1 aliphatic carbocycles. The molecule has 3 nitrogen and oxygen atoms in total. The summed E-state index contributed by atoms with van der Waals surface area (Å²) in [4.78, 5) is 11.2. The molecule has 1 fully saturated rings. The highest BCUT2D eigenvalue weighted by atomic mass is 16.1. The molecule has 0 radical (unpaired) electrons. The van der Waals surface area contributed by atoms with Crippen LogP contribution in [0.25, 0.3) is 0 Å². The molecule has 1 aromatic rings. The fourth-order valence-electron chi connectivity index (χ4n) is 2.43. The van der Waals surface area contributed by atoms with Gasteiger partial charge in [-0.1, -0.05) is 19.3 Å². The molecular formula is C12H18N2O. The first-order chi connectivity index (χ1) is 7.18. The van der Waals surface area contributed by atoms with Gasteiger partial charge in [0.2, 0.25) is 0 Å². The Balaban J connectivity index is 2.22. The summed E-state index contributed by atoms with van der Waals surface area (Å²) in [6.07, 6.45) is 6.47. The van der Waals surface area contributed by atoms with E-state index in [0.717, 1.165) is 0 Å². The van der Waals surface area contributed by atoms with E-state index >= 15 is 0 Å². The second kappa shape index (κ2) is 4.17. The predicted octanol–water partition coefficient (Wildman–Crippen LogP) is 2.67. The lowest BCUT2D eigenvalue weighted by molar-refractivity contribution is 0.101. The maximum absolute atomic E-state index is 11.2. The molecule has 0 aliphatic heterocycles. The van der Waals surface area contributed by atoms with Gasteiger partial charge in [0.25, 0.3) is 0 Å². The summed E-state index contributed by atoms with van der Waals surface area (Å²) >= 11 is 0. The zero-order valence-corrected chi connectivity index (χ0v) is 9.49. The van der Waals surface area contributed by atoms with Gasteiger partial charge in [0.15, 0.2) is 5.78 Å². The first-order valence-corrected chi connectivity index (χ1v) is 5.73. The minimum absolute atomic E-state index is 0.0626. The maximum Gasteiger partial charge on any atom is 0.179 e. The van der Waals surface area contributed by atoms with Crippen LogP contribution in [-0.2, 0) is 7.05 Å². The van der Waals surface area contributed by atoms with E-state index in [1.807, 2.05) is 17.8 Å². The maximum atomic E-state index is 11.2. The van der Waals surface area contributed by atoms with E-state index < -0.39 is 0 Å². The lowest BCUT2D eigenvalue weighted by Gasteiger charge is -2.21. The molecule has 2 rings (SSSR count). The highest BCUT2D eigenvalue weighted by molar-refractivity contribution is 5.92. The van der Waals surface area contributed by atoms with Gasteiger partial charge in [-0.2, -0.15) is 5.10 Å². The van der Waals surface area contributed by atoms with Gasteiger partial charge in [-0.05, 0) is 18.9 Å². The monoisotopic (exact) mass is 206 g/mol. The number of hydrogen-bond acceptors (Lipinski definition) is 2. The Morgan fingerprint density at radius 1 is 1.40 bits per heavy atom. The molecule has 3 heteroatoms. The molecule has 0 spiro atoms. The van der Waals surface area contributed by atoms with E-state index in [9.17, 15) is 4.79 Å². The second-order valence-corrected chi connectivity index (χ2v) is 4.47. The van der Waals surface area contributed by atoms with Crippen LogP contribution in [0.5, 0.6) is 0 Å². The van der Waals surface area contributed by atoms with Crippen LogP contribution in [0.4, 0.5) is 0 Å². The lowest BCUT2D eigenvalue weighted by atomic mass is 9.87. The number of rotatable bonds is 2. The van der Waals surface area contributed by atoms with Crippen molar-refractivity contribution < 1.29 is 4.79 Å². The standard InChI is InChI=1S/C12H18N2O/c1-9(15)11-8-12(14(2)13-11)10-6-4-3-5-7-10/h8,10H,3-7H2,1-2H3. The van der Waals surface area contributed by atoms with Gasteiger partial charge in [0, 0.05) is 25.6 Å². The zero-order chi connectivity index (χ0) is 10.8. The number of ketones is 1. The molecule has 0 N–H and O–H groups in total. The molecule has 0 atom stereocenters. The first-order valence-electron chi connectivity index (χ1n) is 5.73. The summed E-state index contributed by atoms with van der Waals surface area (Å²) in [5, 5.41) is 4.25. The topological polar surface area (TPSA) is 34.9 Å². The SMILES string of the molecule is CC(=O)c1cc(C2CCCCC2)n(C)n1. The Hall–Kier alpha value is -1.12. The number of carbonyl (C=O) groups excluding carboxylic acids is 1. The van der Waals surface area contributed by atoms with Gasteiger partial charge < -0.3 is 0 Å². The van der Waals surface area contributed by atoms with Crippen LogP contribution in [0.2, 0.25) is 0 Å². The number of hydrogen-bond donors (Lipinski definition) is 0. The molecule has 1 aromatic heterocycles. The highest BCUT2D eigenvalue weighted by Crippen LogP contribution is 2.32. The fourth-order valence-corrected chi connectivity index (χ4v) is 2.43. The largest absolute Gasteiger partial charge is 0.293 e. The molecule has 0 aromatic carbocycles. The Morgan fingerprint density at radius 3 is 2.60 bits per heavy atom. The van der Waals surface area contributed by atoms with Crippen molar-refractivity contribution in [3.8, 4) is 0 Å². The van der Waals surface area contributed by atoms with E-state index in [4.69, 9.17) is 0 Å². The molecular weight excluding hydrogens is 188 g/mol. The van der Waals surface area contributed by atoms with E-state index in [1.54, 1.807) is 6.92 Å². The summed E-state index contributed by atoms with van der Waals surface area (Å²) < 4.78 is 1.88. The van der Waals surface area contributed by atoms with Gasteiger partial charge >= 0.3 is 0 Å². The third-order valence-electron chi connectivity index (χ3n) is 3.30. The second-order valence-electron chi connectivity index (χ2n) is 4.47. The van der Waals surface area contributed by atoms with Crippen molar-refractivity contribution in [1.82, 2.24) is 9.78 Å². The first kappa shape index (κ1) is 10.4. The Kier molecular flexibility index (Phi) is 2.89. The number of carbonyl (C=O) groups is 1. The van der Waals surface area contributed by atoms with E-state index in [2.05, 4.69) is 5.10 Å². The minimum atomic E-state index is 0.0626. The average Bonchev–Trinajstić information content (AvgIpc) is 2.62. The normalized spacial score (nSPS) is 18.0. The quantitative estimate of drug-likeness (QED) is 0.697. The molecule has 1 heterocycles. The highest BCUT2D eigenvalue weighted by Gasteiger charge is 2.20. The summed E-state index contributed by atoms with van der Waals surface area (Å²) in [6.45, 7) is 1.58. The fraction of sp³-hybridized carbons (Fsp3) is 0.667. The summed E-state index contributed by atoms with van der Waals surface area (Å²) in [5.41, 5.74) is 1.85. The van der Waals surface area contributed by atoms with Crippen molar-refractivity contribution in [2.75, 3.05) is 0 Å². The van der Waals surface area contributed by atoms with E-state index in [1.165, 1.54) is 37.8 Å². The third-order valence-corrected chi connectivity index (χ3v) is 3.30. The van der Waals surface area contributed by atoms with Crippen LogP contribution in [0.15, 0.2) is 6.07 Å². The van der Waals surface area contributed by atoms with Crippen molar-refractivity contribution in [2.24, 2.45) is 7.05 Å². The minimum Gasteiger partial charge on any atom is -0.293 e.